The summed E-state index contributed by atoms with van der Waals surface area (Å²) in [4.78, 5) is 11.2. The highest BCUT2D eigenvalue weighted by Gasteiger charge is 2.13. The van der Waals surface area contributed by atoms with Crippen molar-refractivity contribution in [2.24, 2.45) is 0 Å². The molecule has 1 aromatic heterocycles. The summed E-state index contributed by atoms with van der Waals surface area (Å²) in [5.41, 5.74) is 1.37. The summed E-state index contributed by atoms with van der Waals surface area (Å²) in [5.74, 6) is 0.864. The Morgan fingerprint density at radius 1 is 1.69 bits per heavy atom. The average Bonchev–Trinajstić information content (AvgIpc) is 2.71. The minimum absolute atomic E-state index is 0.253. The molecule has 6 nitrogen and oxygen atoms in total. The molecule has 1 amide bonds. The normalized spacial score (nSPS) is 11.9. The fourth-order valence-electron chi connectivity index (χ4n) is 0.914. The number of hydrogen-bond donors (Lipinski definition) is 2. The average molecular weight is 262 g/mol. The second kappa shape index (κ2) is 7.29. The zero-order chi connectivity index (χ0) is 11.8. The van der Waals surface area contributed by atoms with Gasteiger partial charge in [-0.2, -0.15) is 0 Å². The number of aromatic nitrogens is 2. The fraction of sp³-hybridized carbons (Fsp3) is 0.625. The van der Waals surface area contributed by atoms with Crippen molar-refractivity contribution < 1.29 is 9.53 Å². The predicted molar refractivity (Wildman–Crippen MR) is 65.6 cm³/mol. The van der Waals surface area contributed by atoms with Crippen LogP contribution in [0.2, 0.25) is 0 Å². The van der Waals surface area contributed by atoms with E-state index in [1.165, 1.54) is 11.3 Å². The summed E-state index contributed by atoms with van der Waals surface area (Å²) in [5, 5.41) is 13.9. The zero-order valence-electron chi connectivity index (χ0n) is 9.10. The number of carbonyl (C=O) groups excluding carboxylic acids is 1. The molecule has 1 rings (SSSR count). The van der Waals surface area contributed by atoms with Gasteiger partial charge in [0.15, 0.2) is 5.50 Å². The first-order valence-corrected chi connectivity index (χ1v) is 6.76. The Kier molecular flexibility index (Phi) is 5.94. The number of thioether (sulfide) groups is 1. The topological polar surface area (TPSA) is 76.1 Å². The van der Waals surface area contributed by atoms with E-state index >= 15 is 0 Å². The van der Waals surface area contributed by atoms with Crippen molar-refractivity contribution >= 4 is 34.3 Å². The number of nitrogens with one attached hydrogen (secondary N) is 2. The van der Waals surface area contributed by atoms with Crippen LogP contribution in [0.3, 0.4) is 0 Å². The third kappa shape index (κ3) is 4.67. The molecule has 1 unspecified atom stereocenters. The first-order valence-electron chi connectivity index (χ1n) is 4.83. The monoisotopic (exact) mass is 262 g/mol. The number of alkyl carbamates (subject to hydrolysis) is 1. The fourth-order valence-corrected chi connectivity index (χ4v) is 2.17. The highest BCUT2D eigenvalue weighted by Crippen LogP contribution is 2.14. The first-order chi connectivity index (χ1) is 7.76. The molecule has 0 fully saturated rings. The molecule has 1 atom stereocenters. The van der Waals surface area contributed by atoms with E-state index in [2.05, 4.69) is 20.8 Å². The Morgan fingerprint density at radius 2 is 2.50 bits per heavy atom. The van der Waals surface area contributed by atoms with Crippen LogP contribution in [-0.2, 0) is 4.74 Å². The Morgan fingerprint density at radius 3 is 3.06 bits per heavy atom. The van der Waals surface area contributed by atoms with E-state index < -0.39 is 6.09 Å². The molecular formula is C8H14N4O2S2. The highest BCUT2D eigenvalue weighted by atomic mass is 32.2. The number of rotatable bonds is 6. The molecule has 0 aromatic carbocycles. The molecule has 1 aromatic rings. The lowest BCUT2D eigenvalue weighted by Crippen LogP contribution is -2.38. The molecule has 1 heterocycles. The third-order valence-electron chi connectivity index (χ3n) is 1.47. The Balaban J connectivity index is 2.44. The van der Waals surface area contributed by atoms with E-state index in [0.717, 1.165) is 5.75 Å². The highest BCUT2D eigenvalue weighted by molar-refractivity contribution is 7.99. The number of hydrogen-bond acceptors (Lipinski definition) is 7. The number of amides is 1. The van der Waals surface area contributed by atoms with Crippen molar-refractivity contribution in [3.8, 4) is 0 Å². The van der Waals surface area contributed by atoms with Gasteiger partial charge in [-0.05, 0) is 12.7 Å². The summed E-state index contributed by atoms with van der Waals surface area (Å²) in [6.45, 7) is 4.13. The van der Waals surface area contributed by atoms with Gasteiger partial charge in [-0.1, -0.05) is 18.3 Å². The number of anilines is 1. The summed E-state index contributed by atoms with van der Waals surface area (Å²) in [6, 6.07) is 0. The third-order valence-corrected chi connectivity index (χ3v) is 3.00. The lowest BCUT2D eigenvalue weighted by Gasteiger charge is -2.17. The Hall–Kier alpha value is -1.02. The Bertz CT molecular complexity index is 307. The maximum absolute atomic E-state index is 11.2. The molecule has 0 aliphatic carbocycles. The van der Waals surface area contributed by atoms with Gasteiger partial charge in [0.25, 0.3) is 0 Å². The van der Waals surface area contributed by atoms with Crippen LogP contribution >= 0.6 is 23.1 Å². The van der Waals surface area contributed by atoms with E-state index in [-0.39, 0.29) is 5.50 Å². The summed E-state index contributed by atoms with van der Waals surface area (Å²) in [7, 11) is 0. The van der Waals surface area contributed by atoms with E-state index in [0.29, 0.717) is 11.7 Å². The number of ether oxygens (including phenoxy) is 1. The smallest absolute Gasteiger partial charge is 0.409 e. The van der Waals surface area contributed by atoms with Crippen LogP contribution in [0, 0.1) is 0 Å². The quantitative estimate of drug-likeness (QED) is 0.760. The molecule has 2 N–H and O–H groups in total. The van der Waals surface area contributed by atoms with E-state index in [1.54, 1.807) is 24.2 Å². The summed E-state index contributed by atoms with van der Waals surface area (Å²) >= 11 is 2.92. The summed E-state index contributed by atoms with van der Waals surface area (Å²) < 4.78 is 4.80. The van der Waals surface area contributed by atoms with Crippen LogP contribution in [0.15, 0.2) is 5.51 Å². The predicted octanol–water partition coefficient (Wildman–Crippen LogP) is 1.73. The van der Waals surface area contributed by atoms with Crippen LogP contribution in [0.5, 0.6) is 0 Å². The van der Waals surface area contributed by atoms with Gasteiger partial charge < -0.3 is 10.1 Å². The largest absolute Gasteiger partial charge is 0.450 e. The number of carbonyl (C=O) groups is 1. The van der Waals surface area contributed by atoms with Crippen molar-refractivity contribution in [2.45, 2.75) is 19.3 Å². The molecular weight excluding hydrogens is 248 g/mol. The van der Waals surface area contributed by atoms with Gasteiger partial charge in [-0.15, -0.1) is 22.0 Å². The van der Waals surface area contributed by atoms with Crippen LogP contribution in [0.25, 0.3) is 0 Å². The van der Waals surface area contributed by atoms with Crippen molar-refractivity contribution in [3.63, 3.8) is 0 Å². The SMILES string of the molecule is CCOC(=O)NC(Nc1nncs1)SCC. The molecule has 0 aliphatic heterocycles. The van der Waals surface area contributed by atoms with Crippen molar-refractivity contribution in [2.75, 3.05) is 17.7 Å². The van der Waals surface area contributed by atoms with Crippen LogP contribution in [0.4, 0.5) is 9.93 Å². The van der Waals surface area contributed by atoms with Crippen LogP contribution in [0.1, 0.15) is 13.8 Å². The molecule has 0 radical (unpaired) electrons. The summed E-state index contributed by atoms with van der Waals surface area (Å²) in [6.07, 6.45) is -0.439. The van der Waals surface area contributed by atoms with Gasteiger partial charge in [0.05, 0.1) is 6.61 Å². The van der Waals surface area contributed by atoms with Crippen LogP contribution < -0.4 is 10.6 Å². The maximum atomic E-state index is 11.2. The second-order valence-electron chi connectivity index (χ2n) is 2.59. The van der Waals surface area contributed by atoms with Crippen molar-refractivity contribution in [1.82, 2.24) is 15.5 Å². The molecule has 0 saturated carbocycles. The zero-order valence-corrected chi connectivity index (χ0v) is 10.7. The lowest BCUT2D eigenvalue weighted by molar-refractivity contribution is 0.152. The van der Waals surface area contributed by atoms with Gasteiger partial charge in [-0.25, -0.2) is 4.79 Å². The molecule has 0 spiro atoms. The Labute approximate surface area is 102 Å². The van der Waals surface area contributed by atoms with Gasteiger partial charge >= 0.3 is 6.09 Å². The number of nitrogens with zero attached hydrogens (tertiary/aromatic N) is 2. The molecule has 0 aliphatic rings. The lowest BCUT2D eigenvalue weighted by atomic mass is 10.8. The standard InChI is InChI=1S/C8H14N4O2S2/c1-3-14-8(13)11-6(15-4-2)10-7-12-9-5-16-7/h5-6H,3-4H2,1-2H3,(H,10,12)(H,11,13). The van der Waals surface area contributed by atoms with Crippen LogP contribution in [-0.4, -0.2) is 34.1 Å². The van der Waals surface area contributed by atoms with E-state index in [4.69, 9.17) is 4.74 Å². The second-order valence-corrected chi connectivity index (χ2v) is 4.80. The minimum atomic E-state index is -0.439. The maximum Gasteiger partial charge on any atom is 0.409 e. The molecule has 0 bridgehead atoms. The van der Waals surface area contributed by atoms with Crippen molar-refractivity contribution in [3.05, 3.63) is 5.51 Å². The van der Waals surface area contributed by atoms with E-state index in [9.17, 15) is 4.79 Å². The molecule has 16 heavy (non-hydrogen) atoms. The van der Waals surface area contributed by atoms with Gasteiger partial charge in [0, 0.05) is 0 Å². The first kappa shape index (κ1) is 13.0. The minimum Gasteiger partial charge on any atom is -0.450 e. The molecule has 8 heteroatoms. The van der Waals surface area contributed by atoms with Gasteiger partial charge in [0.2, 0.25) is 5.13 Å². The molecule has 0 saturated heterocycles. The van der Waals surface area contributed by atoms with Gasteiger partial charge in [-0.3, -0.25) is 5.32 Å². The van der Waals surface area contributed by atoms with E-state index in [1.807, 2.05) is 6.92 Å². The van der Waals surface area contributed by atoms with Gasteiger partial charge in [0.1, 0.15) is 5.51 Å². The molecule has 90 valence electrons. The van der Waals surface area contributed by atoms with Crippen molar-refractivity contribution in [1.29, 1.82) is 0 Å².